The molecular weight excluding hydrogens is 434 g/mol. The standard InChI is InChI=1S/C22H20ClN5O2S/c23-17-5-3-16(4-6-17)22-27-20(30-28-22)8-7-19(29)25-11-1-2-21-26-18(14-31-21)15-9-12-24-13-10-15/h3-6,9-10,12-14H,1-2,7-8,11H2,(H,25,29). The SMILES string of the molecule is O=C(CCc1nc(-c2ccc(Cl)cc2)no1)NCCCc1nc(-c2ccncc2)cs1. The van der Waals surface area contributed by atoms with Gasteiger partial charge in [0.25, 0.3) is 0 Å². The molecule has 1 N–H and O–H groups in total. The van der Waals surface area contributed by atoms with Crippen LogP contribution in [0.1, 0.15) is 23.7 Å². The first-order valence-corrected chi connectivity index (χ1v) is 11.1. The van der Waals surface area contributed by atoms with Gasteiger partial charge in [-0.1, -0.05) is 16.8 Å². The molecule has 7 nitrogen and oxygen atoms in total. The third-order valence-corrected chi connectivity index (χ3v) is 5.71. The molecule has 3 aromatic heterocycles. The molecular formula is C22H20ClN5O2S. The van der Waals surface area contributed by atoms with Crippen molar-refractivity contribution in [2.24, 2.45) is 0 Å². The molecule has 0 saturated heterocycles. The summed E-state index contributed by atoms with van der Waals surface area (Å²) in [7, 11) is 0. The molecule has 0 fully saturated rings. The molecule has 1 amide bonds. The fourth-order valence-electron chi connectivity index (χ4n) is 2.93. The number of carbonyl (C=O) groups excluding carboxylic acids is 1. The second-order valence-corrected chi connectivity index (χ2v) is 8.21. The lowest BCUT2D eigenvalue weighted by Crippen LogP contribution is -2.25. The summed E-state index contributed by atoms with van der Waals surface area (Å²) < 4.78 is 5.24. The Balaban J connectivity index is 1.17. The van der Waals surface area contributed by atoms with Crippen molar-refractivity contribution in [1.82, 2.24) is 25.4 Å². The lowest BCUT2D eigenvalue weighted by atomic mass is 10.2. The Bertz CT molecular complexity index is 1130. The summed E-state index contributed by atoms with van der Waals surface area (Å²) in [5.74, 6) is 0.885. The molecule has 1 aromatic carbocycles. The average molecular weight is 454 g/mol. The van der Waals surface area contributed by atoms with E-state index in [1.54, 1.807) is 35.9 Å². The second-order valence-electron chi connectivity index (χ2n) is 6.83. The molecule has 3 heterocycles. The monoisotopic (exact) mass is 453 g/mol. The van der Waals surface area contributed by atoms with Crippen LogP contribution in [0.5, 0.6) is 0 Å². The van der Waals surface area contributed by atoms with Gasteiger partial charge in [-0.05, 0) is 42.8 Å². The summed E-state index contributed by atoms with van der Waals surface area (Å²) in [4.78, 5) is 25.1. The lowest BCUT2D eigenvalue weighted by Gasteiger charge is -2.03. The zero-order chi connectivity index (χ0) is 21.5. The molecule has 0 aliphatic heterocycles. The number of rotatable bonds is 9. The van der Waals surface area contributed by atoms with Crippen LogP contribution in [-0.2, 0) is 17.6 Å². The van der Waals surface area contributed by atoms with Crippen LogP contribution in [0.2, 0.25) is 5.02 Å². The van der Waals surface area contributed by atoms with Crippen molar-refractivity contribution in [1.29, 1.82) is 0 Å². The van der Waals surface area contributed by atoms with E-state index in [2.05, 4.69) is 25.4 Å². The predicted octanol–water partition coefficient (Wildman–Crippen LogP) is 4.59. The van der Waals surface area contributed by atoms with E-state index >= 15 is 0 Å². The molecule has 0 radical (unpaired) electrons. The minimum Gasteiger partial charge on any atom is -0.356 e. The van der Waals surface area contributed by atoms with Gasteiger partial charge >= 0.3 is 0 Å². The molecule has 9 heteroatoms. The van der Waals surface area contributed by atoms with Gasteiger partial charge in [0.05, 0.1) is 10.7 Å². The maximum absolute atomic E-state index is 12.1. The van der Waals surface area contributed by atoms with Gasteiger partial charge in [-0.2, -0.15) is 4.98 Å². The summed E-state index contributed by atoms with van der Waals surface area (Å²) in [6, 6.07) is 11.1. The quantitative estimate of drug-likeness (QED) is 0.372. The van der Waals surface area contributed by atoms with E-state index in [4.69, 9.17) is 16.1 Å². The molecule has 158 valence electrons. The highest BCUT2D eigenvalue weighted by Gasteiger charge is 2.11. The average Bonchev–Trinajstić information content (AvgIpc) is 3.46. The van der Waals surface area contributed by atoms with Crippen LogP contribution in [0.4, 0.5) is 0 Å². The highest BCUT2D eigenvalue weighted by Crippen LogP contribution is 2.22. The molecule has 0 unspecified atom stereocenters. The molecule has 0 spiro atoms. The Hall–Kier alpha value is -3.10. The fourth-order valence-corrected chi connectivity index (χ4v) is 3.91. The van der Waals surface area contributed by atoms with E-state index < -0.39 is 0 Å². The lowest BCUT2D eigenvalue weighted by molar-refractivity contribution is -0.121. The van der Waals surface area contributed by atoms with Gasteiger partial charge in [0.1, 0.15) is 0 Å². The van der Waals surface area contributed by atoms with E-state index in [-0.39, 0.29) is 5.91 Å². The minimum absolute atomic E-state index is 0.0390. The zero-order valence-corrected chi connectivity index (χ0v) is 18.2. The Morgan fingerprint density at radius 3 is 2.65 bits per heavy atom. The second kappa shape index (κ2) is 10.3. The number of carbonyl (C=O) groups is 1. The van der Waals surface area contributed by atoms with Gasteiger partial charge < -0.3 is 9.84 Å². The molecule has 0 aliphatic carbocycles. The molecule has 0 bridgehead atoms. The number of pyridine rings is 1. The van der Waals surface area contributed by atoms with Gasteiger partial charge in [0.15, 0.2) is 0 Å². The predicted molar refractivity (Wildman–Crippen MR) is 120 cm³/mol. The summed E-state index contributed by atoms with van der Waals surface area (Å²) in [6.07, 6.45) is 5.87. The molecule has 0 atom stereocenters. The summed E-state index contributed by atoms with van der Waals surface area (Å²) >= 11 is 7.52. The smallest absolute Gasteiger partial charge is 0.227 e. The Kier molecular flexibility index (Phi) is 7.01. The van der Waals surface area contributed by atoms with Crippen molar-refractivity contribution in [2.75, 3.05) is 6.54 Å². The molecule has 4 aromatic rings. The van der Waals surface area contributed by atoms with Crippen molar-refractivity contribution in [3.63, 3.8) is 0 Å². The number of aromatic nitrogens is 4. The van der Waals surface area contributed by atoms with Gasteiger partial charge in [-0.15, -0.1) is 11.3 Å². The van der Waals surface area contributed by atoms with E-state index in [0.29, 0.717) is 36.1 Å². The van der Waals surface area contributed by atoms with Crippen LogP contribution in [0.25, 0.3) is 22.6 Å². The topological polar surface area (TPSA) is 93.8 Å². The van der Waals surface area contributed by atoms with Gasteiger partial charge in [-0.3, -0.25) is 9.78 Å². The number of amides is 1. The largest absolute Gasteiger partial charge is 0.356 e. The number of nitrogens with one attached hydrogen (secondary N) is 1. The van der Waals surface area contributed by atoms with Crippen molar-refractivity contribution < 1.29 is 9.32 Å². The van der Waals surface area contributed by atoms with Crippen LogP contribution < -0.4 is 5.32 Å². The highest BCUT2D eigenvalue weighted by molar-refractivity contribution is 7.09. The van der Waals surface area contributed by atoms with Crippen molar-refractivity contribution >= 4 is 28.8 Å². The maximum Gasteiger partial charge on any atom is 0.227 e. The number of hydrogen-bond acceptors (Lipinski definition) is 7. The maximum atomic E-state index is 12.1. The zero-order valence-electron chi connectivity index (χ0n) is 16.6. The first-order valence-electron chi connectivity index (χ1n) is 9.87. The number of thiazole rings is 1. The van der Waals surface area contributed by atoms with Crippen LogP contribution in [0.3, 0.4) is 0 Å². The Labute approximate surface area is 188 Å². The number of nitrogens with zero attached hydrogens (tertiary/aromatic N) is 4. The first-order chi connectivity index (χ1) is 15.2. The third-order valence-electron chi connectivity index (χ3n) is 4.55. The summed E-state index contributed by atoms with van der Waals surface area (Å²) in [6.45, 7) is 0.600. The van der Waals surface area contributed by atoms with E-state index in [0.717, 1.165) is 34.7 Å². The molecule has 4 rings (SSSR count). The third kappa shape index (κ3) is 5.96. The first kappa shape index (κ1) is 21.1. The highest BCUT2D eigenvalue weighted by atomic mass is 35.5. The van der Waals surface area contributed by atoms with Crippen LogP contribution in [0, 0.1) is 0 Å². The molecule has 0 saturated carbocycles. The van der Waals surface area contributed by atoms with E-state index in [1.807, 2.05) is 29.6 Å². The van der Waals surface area contributed by atoms with Gasteiger partial charge in [-0.25, -0.2) is 4.98 Å². The number of benzene rings is 1. The van der Waals surface area contributed by atoms with Crippen molar-refractivity contribution in [3.8, 4) is 22.6 Å². The van der Waals surface area contributed by atoms with Gasteiger partial charge in [0.2, 0.25) is 17.6 Å². The Morgan fingerprint density at radius 2 is 1.84 bits per heavy atom. The van der Waals surface area contributed by atoms with Gasteiger partial charge in [0, 0.05) is 59.7 Å². The molecule has 0 aliphatic rings. The normalized spacial score (nSPS) is 10.9. The number of halogens is 1. The van der Waals surface area contributed by atoms with Crippen LogP contribution >= 0.6 is 22.9 Å². The summed E-state index contributed by atoms with van der Waals surface area (Å²) in [5.41, 5.74) is 2.84. The van der Waals surface area contributed by atoms with Crippen LogP contribution in [0.15, 0.2) is 58.7 Å². The molecule has 31 heavy (non-hydrogen) atoms. The van der Waals surface area contributed by atoms with Crippen LogP contribution in [-0.4, -0.2) is 32.6 Å². The van der Waals surface area contributed by atoms with E-state index in [9.17, 15) is 4.79 Å². The number of hydrogen-bond donors (Lipinski definition) is 1. The van der Waals surface area contributed by atoms with Crippen molar-refractivity contribution in [2.45, 2.75) is 25.7 Å². The number of aryl methyl sites for hydroxylation is 2. The van der Waals surface area contributed by atoms with E-state index in [1.165, 1.54) is 0 Å². The minimum atomic E-state index is -0.0390. The fraction of sp³-hybridized carbons (Fsp3) is 0.227. The van der Waals surface area contributed by atoms with Crippen molar-refractivity contribution in [3.05, 3.63) is 70.1 Å². The summed E-state index contributed by atoms with van der Waals surface area (Å²) in [5, 5.41) is 10.6. The Morgan fingerprint density at radius 1 is 1.03 bits per heavy atom.